The molecule has 0 radical (unpaired) electrons. The molecule has 0 spiro atoms. The topological polar surface area (TPSA) is 67.6 Å². The van der Waals surface area contributed by atoms with Gasteiger partial charge in [-0.05, 0) is 38.0 Å². The van der Waals surface area contributed by atoms with Gasteiger partial charge in [0.2, 0.25) is 0 Å². The smallest absolute Gasteiger partial charge is 0.269 e. The first-order valence-corrected chi connectivity index (χ1v) is 7.50. The summed E-state index contributed by atoms with van der Waals surface area (Å²) >= 11 is 0. The third kappa shape index (κ3) is 5.79. The highest BCUT2D eigenvalue weighted by molar-refractivity contribution is 5.32. The van der Waals surface area contributed by atoms with Crippen molar-refractivity contribution in [3.8, 4) is 0 Å². The van der Waals surface area contributed by atoms with Crippen LogP contribution in [0, 0.1) is 10.1 Å². The number of nitrogens with zero attached hydrogens (tertiary/aromatic N) is 2. The molecule has 0 saturated carbocycles. The van der Waals surface area contributed by atoms with Gasteiger partial charge in [-0.15, -0.1) is 0 Å². The van der Waals surface area contributed by atoms with Crippen LogP contribution < -0.4 is 5.32 Å². The molecule has 6 heteroatoms. The van der Waals surface area contributed by atoms with Crippen molar-refractivity contribution in [1.82, 2.24) is 10.2 Å². The van der Waals surface area contributed by atoms with Crippen molar-refractivity contribution in [2.24, 2.45) is 0 Å². The summed E-state index contributed by atoms with van der Waals surface area (Å²) in [7, 11) is 0. The third-order valence-electron chi connectivity index (χ3n) is 3.67. The van der Waals surface area contributed by atoms with E-state index >= 15 is 0 Å². The first-order valence-electron chi connectivity index (χ1n) is 7.50. The molecule has 1 aliphatic rings. The Morgan fingerprint density at radius 1 is 1.19 bits per heavy atom. The van der Waals surface area contributed by atoms with Gasteiger partial charge in [0.25, 0.3) is 5.69 Å². The van der Waals surface area contributed by atoms with E-state index in [0.717, 1.165) is 64.3 Å². The molecule has 0 aromatic heterocycles. The maximum atomic E-state index is 10.6. The van der Waals surface area contributed by atoms with Gasteiger partial charge in [-0.2, -0.15) is 0 Å². The highest BCUT2D eigenvalue weighted by Gasteiger charge is 2.08. The van der Waals surface area contributed by atoms with E-state index < -0.39 is 0 Å². The molecule has 0 aliphatic carbocycles. The molecule has 1 aromatic rings. The Bertz CT molecular complexity index is 430. The summed E-state index contributed by atoms with van der Waals surface area (Å²) in [4.78, 5) is 12.6. The highest BCUT2D eigenvalue weighted by atomic mass is 16.6. The van der Waals surface area contributed by atoms with Gasteiger partial charge in [-0.1, -0.05) is 12.1 Å². The molecule has 0 atom stereocenters. The number of non-ortho nitro benzene ring substituents is 1. The van der Waals surface area contributed by atoms with Crippen LogP contribution in [0.25, 0.3) is 0 Å². The predicted octanol–water partition coefficient (Wildman–Crippen LogP) is 1.45. The predicted molar refractivity (Wildman–Crippen MR) is 81.5 cm³/mol. The van der Waals surface area contributed by atoms with Crippen LogP contribution in [0.15, 0.2) is 24.3 Å². The maximum absolute atomic E-state index is 10.6. The summed E-state index contributed by atoms with van der Waals surface area (Å²) < 4.78 is 5.32. The van der Waals surface area contributed by atoms with Gasteiger partial charge >= 0.3 is 0 Å². The van der Waals surface area contributed by atoms with E-state index in [2.05, 4.69) is 10.2 Å². The van der Waals surface area contributed by atoms with Gasteiger partial charge in [-0.3, -0.25) is 15.0 Å². The summed E-state index contributed by atoms with van der Waals surface area (Å²) in [6, 6.07) is 6.78. The number of ether oxygens (including phenoxy) is 1. The first kappa shape index (κ1) is 15.9. The van der Waals surface area contributed by atoms with Gasteiger partial charge in [0.1, 0.15) is 0 Å². The molecule has 0 amide bonds. The maximum Gasteiger partial charge on any atom is 0.269 e. The number of hydrogen-bond donors (Lipinski definition) is 1. The van der Waals surface area contributed by atoms with Crippen molar-refractivity contribution in [2.45, 2.75) is 12.8 Å². The fraction of sp³-hybridized carbons (Fsp3) is 0.600. The Balaban J connectivity index is 1.54. The minimum absolute atomic E-state index is 0.150. The number of rotatable bonds is 8. The molecule has 1 heterocycles. The summed E-state index contributed by atoms with van der Waals surface area (Å²) in [5.74, 6) is 0. The van der Waals surface area contributed by atoms with Gasteiger partial charge in [-0.25, -0.2) is 0 Å². The fourth-order valence-electron chi connectivity index (χ4n) is 2.39. The molecule has 2 rings (SSSR count). The van der Waals surface area contributed by atoms with E-state index in [1.54, 1.807) is 12.1 Å². The number of hydrogen-bond acceptors (Lipinski definition) is 5. The molecular formula is C15H23N3O3. The normalized spacial score (nSPS) is 16.0. The third-order valence-corrected chi connectivity index (χ3v) is 3.67. The fourth-order valence-corrected chi connectivity index (χ4v) is 2.39. The number of morpholine rings is 1. The minimum atomic E-state index is -0.367. The van der Waals surface area contributed by atoms with Crippen LogP contribution in [-0.4, -0.2) is 55.8 Å². The van der Waals surface area contributed by atoms with E-state index in [9.17, 15) is 10.1 Å². The van der Waals surface area contributed by atoms with Crippen molar-refractivity contribution < 1.29 is 9.66 Å². The zero-order chi connectivity index (χ0) is 14.9. The Hall–Kier alpha value is -1.50. The molecule has 1 aromatic carbocycles. The molecule has 6 nitrogen and oxygen atoms in total. The molecule has 1 fully saturated rings. The van der Waals surface area contributed by atoms with Crippen LogP contribution >= 0.6 is 0 Å². The molecule has 0 unspecified atom stereocenters. The van der Waals surface area contributed by atoms with Crippen LogP contribution in [-0.2, 0) is 11.2 Å². The zero-order valence-electron chi connectivity index (χ0n) is 12.3. The van der Waals surface area contributed by atoms with E-state index in [1.165, 1.54) is 0 Å². The Morgan fingerprint density at radius 3 is 2.57 bits per heavy atom. The van der Waals surface area contributed by atoms with Gasteiger partial charge in [0.05, 0.1) is 18.1 Å². The van der Waals surface area contributed by atoms with E-state index in [4.69, 9.17) is 4.74 Å². The van der Waals surface area contributed by atoms with Crippen LogP contribution in [0.1, 0.15) is 12.0 Å². The zero-order valence-corrected chi connectivity index (χ0v) is 12.3. The Morgan fingerprint density at radius 2 is 1.90 bits per heavy atom. The van der Waals surface area contributed by atoms with E-state index in [-0.39, 0.29) is 10.6 Å². The Kier molecular flexibility index (Phi) is 6.59. The quantitative estimate of drug-likeness (QED) is 0.446. The second-order valence-electron chi connectivity index (χ2n) is 5.23. The summed E-state index contributed by atoms with van der Waals surface area (Å²) in [5, 5.41) is 14.0. The molecule has 1 aliphatic heterocycles. The Labute approximate surface area is 125 Å². The summed E-state index contributed by atoms with van der Waals surface area (Å²) in [6.45, 7) is 6.83. The highest BCUT2D eigenvalue weighted by Crippen LogP contribution is 2.11. The van der Waals surface area contributed by atoms with Crippen LogP contribution in [0.5, 0.6) is 0 Å². The van der Waals surface area contributed by atoms with Crippen molar-refractivity contribution >= 4 is 5.69 Å². The second-order valence-corrected chi connectivity index (χ2v) is 5.23. The molecule has 1 N–H and O–H groups in total. The van der Waals surface area contributed by atoms with Crippen LogP contribution in [0.3, 0.4) is 0 Å². The summed E-state index contributed by atoms with van der Waals surface area (Å²) in [5.41, 5.74) is 1.28. The number of benzene rings is 1. The largest absolute Gasteiger partial charge is 0.379 e. The summed E-state index contributed by atoms with van der Waals surface area (Å²) in [6.07, 6.45) is 2.04. The van der Waals surface area contributed by atoms with Crippen LogP contribution in [0.2, 0.25) is 0 Å². The number of nitro groups is 1. The molecular weight excluding hydrogens is 270 g/mol. The van der Waals surface area contributed by atoms with Crippen molar-refractivity contribution in [1.29, 1.82) is 0 Å². The van der Waals surface area contributed by atoms with Crippen LogP contribution in [0.4, 0.5) is 5.69 Å². The van der Waals surface area contributed by atoms with Gasteiger partial charge < -0.3 is 10.1 Å². The SMILES string of the molecule is O=[N+]([O-])c1ccc(CCNCCCN2CCOCC2)cc1. The lowest BCUT2D eigenvalue weighted by Crippen LogP contribution is -2.37. The van der Waals surface area contributed by atoms with Crippen molar-refractivity contribution in [3.05, 3.63) is 39.9 Å². The monoisotopic (exact) mass is 293 g/mol. The molecule has 1 saturated heterocycles. The van der Waals surface area contributed by atoms with Crippen molar-refractivity contribution in [2.75, 3.05) is 45.9 Å². The lowest BCUT2D eigenvalue weighted by molar-refractivity contribution is -0.384. The average molecular weight is 293 g/mol. The van der Waals surface area contributed by atoms with E-state index in [1.807, 2.05) is 12.1 Å². The van der Waals surface area contributed by atoms with Crippen molar-refractivity contribution in [3.63, 3.8) is 0 Å². The lowest BCUT2D eigenvalue weighted by Gasteiger charge is -2.26. The molecule has 21 heavy (non-hydrogen) atoms. The number of nitrogens with one attached hydrogen (secondary N) is 1. The van der Waals surface area contributed by atoms with E-state index in [0.29, 0.717) is 0 Å². The molecule has 0 bridgehead atoms. The second kappa shape index (κ2) is 8.71. The number of nitro benzene ring substituents is 1. The standard InChI is InChI=1S/C15H23N3O3/c19-18(20)15-4-2-14(3-5-15)6-8-16-7-1-9-17-10-12-21-13-11-17/h2-5,16H,1,6-13H2. The average Bonchev–Trinajstić information content (AvgIpc) is 2.52. The van der Waals surface area contributed by atoms with Gasteiger partial charge in [0.15, 0.2) is 0 Å². The lowest BCUT2D eigenvalue weighted by atomic mass is 10.1. The van der Waals surface area contributed by atoms with Gasteiger partial charge in [0, 0.05) is 25.2 Å². The minimum Gasteiger partial charge on any atom is -0.379 e. The first-order chi connectivity index (χ1) is 10.3. The molecule has 116 valence electrons.